The molecule has 2 unspecified atom stereocenters. The molecule has 1 aromatic rings. The van der Waals surface area contributed by atoms with Gasteiger partial charge in [-0.15, -0.1) is 0 Å². The Kier molecular flexibility index (Phi) is 3.31. The van der Waals surface area contributed by atoms with Gasteiger partial charge in [-0.1, -0.05) is 0 Å². The highest BCUT2D eigenvalue weighted by Crippen LogP contribution is 2.35. The summed E-state index contributed by atoms with van der Waals surface area (Å²) in [7, 11) is 0. The van der Waals surface area contributed by atoms with Crippen molar-refractivity contribution in [1.29, 1.82) is 0 Å². The van der Waals surface area contributed by atoms with Gasteiger partial charge in [0.05, 0.1) is 6.04 Å². The van der Waals surface area contributed by atoms with E-state index >= 15 is 0 Å². The fourth-order valence-corrected chi connectivity index (χ4v) is 1.96. The number of ether oxygens (including phenoxy) is 1. The minimum absolute atomic E-state index is 0.150. The minimum Gasteiger partial charge on any atom is -0.508 e. The van der Waals surface area contributed by atoms with E-state index in [2.05, 4.69) is 5.32 Å². The summed E-state index contributed by atoms with van der Waals surface area (Å²) in [5.41, 5.74) is 1.07. The van der Waals surface area contributed by atoms with Crippen molar-refractivity contribution in [2.45, 2.75) is 25.4 Å². The van der Waals surface area contributed by atoms with E-state index in [-0.39, 0.29) is 24.4 Å². The first-order chi connectivity index (χ1) is 7.70. The maximum atomic E-state index is 9.32. The number of rotatable bonds is 4. The van der Waals surface area contributed by atoms with Gasteiger partial charge in [-0.3, -0.25) is 0 Å². The number of nitrogens with one attached hydrogen (secondary N) is 1. The first kappa shape index (κ1) is 11.2. The normalized spacial score (nSPS) is 20.2. The van der Waals surface area contributed by atoms with Crippen LogP contribution in [-0.2, 0) is 0 Å². The summed E-state index contributed by atoms with van der Waals surface area (Å²) in [5.74, 6) is 0.969. The van der Waals surface area contributed by atoms with Gasteiger partial charge in [-0.05, 0) is 25.5 Å². The predicted molar refractivity (Wildman–Crippen MR) is 60.6 cm³/mol. The standard InChI is InChI=1S/C12H17NO3/c1-8(4-5-14)13-11-7-16-12-6-9(15)2-3-10(11)12/h2-3,6,8,11,13-15H,4-5,7H2,1H3. The highest BCUT2D eigenvalue weighted by molar-refractivity contribution is 5.44. The van der Waals surface area contributed by atoms with E-state index in [1.165, 1.54) is 0 Å². The molecule has 4 nitrogen and oxygen atoms in total. The van der Waals surface area contributed by atoms with Gasteiger partial charge in [0.15, 0.2) is 0 Å². The molecule has 0 amide bonds. The summed E-state index contributed by atoms with van der Waals surface area (Å²) in [6.45, 7) is 2.80. The first-order valence-corrected chi connectivity index (χ1v) is 5.53. The van der Waals surface area contributed by atoms with Crippen LogP contribution in [0.2, 0.25) is 0 Å². The van der Waals surface area contributed by atoms with Crippen molar-refractivity contribution >= 4 is 0 Å². The summed E-state index contributed by atoms with van der Waals surface area (Å²) in [5, 5.41) is 21.5. The van der Waals surface area contributed by atoms with Gasteiger partial charge in [-0.25, -0.2) is 0 Å². The number of phenols is 1. The van der Waals surface area contributed by atoms with Crippen molar-refractivity contribution in [3.05, 3.63) is 23.8 Å². The Hall–Kier alpha value is -1.26. The smallest absolute Gasteiger partial charge is 0.127 e. The van der Waals surface area contributed by atoms with E-state index in [1.807, 2.05) is 13.0 Å². The molecule has 0 aliphatic carbocycles. The average molecular weight is 223 g/mol. The van der Waals surface area contributed by atoms with Gasteiger partial charge >= 0.3 is 0 Å². The second-order valence-electron chi connectivity index (χ2n) is 4.17. The number of hydrogen-bond donors (Lipinski definition) is 3. The summed E-state index contributed by atoms with van der Waals surface area (Å²) in [6, 6.07) is 5.57. The quantitative estimate of drug-likeness (QED) is 0.717. The van der Waals surface area contributed by atoms with Gasteiger partial charge in [0.1, 0.15) is 18.1 Å². The molecule has 0 aromatic heterocycles. The Balaban J connectivity index is 2.06. The van der Waals surface area contributed by atoms with Crippen molar-refractivity contribution in [3.8, 4) is 11.5 Å². The second kappa shape index (κ2) is 4.72. The van der Waals surface area contributed by atoms with Crippen LogP contribution in [0.25, 0.3) is 0 Å². The number of aliphatic hydroxyl groups excluding tert-OH is 1. The number of fused-ring (bicyclic) bond motifs is 1. The second-order valence-corrected chi connectivity index (χ2v) is 4.17. The van der Waals surface area contributed by atoms with E-state index in [4.69, 9.17) is 9.84 Å². The molecule has 1 aliphatic heterocycles. The SMILES string of the molecule is CC(CCO)NC1COc2cc(O)ccc21. The zero-order chi connectivity index (χ0) is 11.5. The van der Waals surface area contributed by atoms with Crippen LogP contribution in [0.15, 0.2) is 18.2 Å². The highest BCUT2D eigenvalue weighted by atomic mass is 16.5. The summed E-state index contributed by atoms with van der Waals surface area (Å²) in [4.78, 5) is 0. The lowest BCUT2D eigenvalue weighted by molar-refractivity contribution is 0.251. The molecule has 2 atom stereocenters. The van der Waals surface area contributed by atoms with Crippen molar-refractivity contribution < 1.29 is 14.9 Å². The Labute approximate surface area is 94.9 Å². The van der Waals surface area contributed by atoms with Crippen LogP contribution >= 0.6 is 0 Å². The Bertz CT molecular complexity index is 367. The molecule has 0 fully saturated rings. The summed E-state index contributed by atoms with van der Waals surface area (Å²) < 4.78 is 5.49. The maximum absolute atomic E-state index is 9.32. The molecule has 1 heterocycles. The molecular formula is C12H17NO3. The van der Waals surface area contributed by atoms with Crippen molar-refractivity contribution in [3.63, 3.8) is 0 Å². The molecule has 1 aliphatic rings. The number of hydrogen-bond acceptors (Lipinski definition) is 4. The molecular weight excluding hydrogens is 206 g/mol. The molecule has 0 radical (unpaired) electrons. The maximum Gasteiger partial charge on any atom is 0.127 e. The van der Waals surface area contributed by atoms with Crippen molar-refractivity contribution in [2.75, 3.05) is 13.2 Å². The lowest BCUT2D eigenvalue weighted by atomic mass is 10.1. The summed E-state index contributed by atoms with van der Waals surface area (Å²) in [6.07, 6.45) is 0.726. The Morgan fingerprint density at radius 2 is 2.38 bits per heavy atom. The molecule has 4 heteroatoms. The minimum atomic E-state index is 0.150. The van der Waals surface area contributed by atoms with E-state index in [9.17, 15) is 5.11 Å². The zero-order valence-electron chi connectivity index (χ0n) is 9.31. The van der Waals surface area contributed by atoms with Crippen LogP contribution in [0.1, 0.15) is 24.9 Å². The molecule has 0 bridgehead atoms. The zero-order valence-corrected chi connectivity index (χ0v) is 9.31. The number of phenolic OH excluding ortho intramolecular Hbond substituents is 1. The Morgan fingerprint density at radius 1 is 1.56 bits per heavy atom. The fourth-order valence-electron chi connectivity index (χ4n) is 1.96. The lowest BCUT2D eigenvalue weighted by Crippen LogP contribution is -2.32. The highest BCUT2D eigenvalue weighted by Gasteiger charge is 2.25. The molecule has 3 N–H and O–H groups in total. The van der Waals surface area contributed by atoms with Gasteiger partial charge in [0.25, 0.3) is 0 Å². The van der Waals surface area contributed by atoms with Crippen molar-refractivity contribution in [2.24, 2.45) is 0 Å². The fraction of sp³-hybridized carbons (Fsp3) is 0.500. The number of benzene rings is 1. The van der Waals surface area contributed by atoms with E-state index in [0.717, 1.165) is 17.7 Å². The largest absolute Gasteiger partial charge is 0.508 e. The van der Waals surface area contributed by atoms with Gasteiger partial charge in [0.2, 0.25) is 0 Å². The third kappa shape index (κ3) is 2.28. The summed E-state index contributed by atoms with van der Waals surface area (Å²) >= 11 is 0. The molecule has 0 spiro atoms. The van der Waals surface area contributed by atoms with Crippen molar-refractivity contribution in [1.82, 2.24) is 5.32 Å². The molecule has 1 aromatic carbocycles. The van der Waals surface area contributed by atoms with E-state index in [1.54, 1.807) is 12.1 Å². The molecule has 16 heavy (non-hydrogen) atoms. The van der Waals surface area contributed by atoms with Gasteiger partial charge < -0.3 is 20.3 Å². The third-order valence-electron chi connectivity index (χ3n) is 2.83. The van der Waals surface area contributed by atoms with E-state index < -0.39 is 0 Å². The molecule has 0 saturated heterocycles. The van der Waals surface area contributed by atoms with E-state index in [0.29, 0.717) is 6.61 Å². The monoisotopic (exact) mass is 223 g/mol. The number of aromatic hydroxyl groups is 1. The van der Waals surface area contributed by atoms with Gasteiger partial charge in [-0.2, -0.15) is 0 Å². The molecule has 0 saturated carbocycles. The van der Waals surface area contributed by atoms with Crippen LogP contribution < -0.4 is 10.1 Å². The topological polar surface area (TPSA) is 61.7 Å². The van der Waals surface area contributed by atoms with Crippen LogP contribution in [-0.4, -0.2) is 29.5 Å². The van der Waals surface area contributed by atoms with Crippen LogP contribution in [0.4, 0.5) is 0 Å². The number of aliphatic hydroxyl groups is 1. The molecule has 88 valence electrons. The lowest BCUT2D eigenvalue weighted by Gasteiger charge is -2.17. The van der Waals surface area contributed by atoms with Crippen LogP contribution in [0.5, 0.6) is 11.5 Å². The van der Waals surface area contributed by atoms with Gasteiger partial charge in [0, 0.05) is 24.3 Å². The third-order valence-corrected chi connectivity index (χ3v) is 2.83. The Morgan fingerprint density at radius 3 is 3.12 bits per heavy atom. The first-order valence-electron chi connectivity index (χ1n) is 5.53. The average Bonchev–Trinajstić information content (AvgIpc) is 2.61. The predicted octanol–water partition coefficient (Wildman–Crippen LogP) is 1.19. The van der Waals surface area contributed by atoms with Crippen LogP contribution in [0.3, 0.4) is 0 Å². The van der Waals surface area contributed by atoms with Crippen LogP contribution in [0, 0.1) is 0 Å². The molecule has 2 rings (SSSR count).